The topological polar surface area (TPSA) is 39.4 Å². The van der Waals surface area contributed by atoms with Crippen molar-refractivity contribution < 1.29 is 13.9 Å². The molecule has 20 heavy (non-hydrogen) atoms. The quantitative estimate of drug-likeness (QED) is 0.653. The zero-order valence-corrected chi connectivity index (χ0v) is 11.3. The molecule has 3 rings (SSSR count). The number of fused-ring (bicyclic) bond motifs is 1. The highest BCUT2D eigenvalue weighted by Crippen LogP contribution is 2.35. The molecule has 3 aromatic rings. The maximum Gasteiger partial charge on any atom is 0.374 e. The van der Waals surface area contributed by atoms with Gasteiger partial charge in [0.25, 0.3) is 0 Å². The molecule has 0 N–H and O–H groups in total. The second-order valence-corrected chi connectivity index (χ2v) is 4.66. The lowest BCUT2D eigenvalue weighted by molar-refractivity contribution is 0.0569. The summed E-state index contributed by atoms with van der Waals surface area (Å²) in [6.45, 7) is 2.03. The third-order valence-electron chi connectivity index (χ3n) is 3.31. The number of carbonyl (C=O) groups excluding carboxylic acids is 1. The first-order chi connectivity index (χ1) is 9.70. The highest BCUT2D eigenvalue weighted by Gasteiger charge is 2.22. The van der Waals surface area contributed by atoms with Gasteiger partial charge in [0, 0.05) is 10.9 Å². The van der Waals surface area contributed by atoms with E-state index >= 15 is 0 Å². The Morgan fingerprint density at radius 1 is 1.05 bits per heavy atom. The number of rotatable bonds is 2. The second kappa shape index (κ2) is 4.85. The number of carbonyl (C=O) groups is 1. The van der Waals surface area contributed by atoms with E-state index in [-0.39, 0.29) is 5.76 Å². The molecule has 0 atom stereocenters. The number of para-hydroxylation sites is 1. The molecule has 2 aromatic carbocycles. The van der Waals surface area contributed by atoms with E-state index in [9.17, 15) is 4.79 Å². The summed E-state index contributed by atoms with van der Waals surface area (Å²) in [5.41, 5.74) is 3.58. The summed E-state index contributed by atoms with van der Waals surface area (Å²) < 4.78 is 10.5. The standard InChI is InChI=1S/C17H14O3/c1-11-7-9-12(10-8-11)15-13-5-3-4-6-14(13)20-16(15)17(18)19-2/h3-10H,1-2H3. The van der Waals surface area contributed by atoms with Gasteiger partial charge in [-0.3, -0.25) is 0 Å². The molecule has 0 saturated carbocycles. The highest BCUT2D eigenvalue weighted by atomic mass is 16.5. The van der Waals surface area contributed by atoms with Gasteiger partial charge in [-0.1, -0.05) is 48.0 Å². The highest BCUT2D eigenvalue weighted by molar-refractivity contribution is 6.06. The number of hydrogen-bond acceptors (Lipinski definition) is 3. The number of methoxy groups -OCH3 is 1. The third kappa shape index (κ3) is 1.97. The van der Waals surface area contributed by atoms with Crippen LogP contribution in [0.15, 0.2) is 52.9 Å². The van der Waals surface area contributed by atoms with E-state index in [1.165, 1.54) is 12.7 Å². The number of hydrogen-bond donors (Lipinski definition) is 0. The van der Waals surface area contributed by atoms with Crippen LogP contribution in [0.5, 0.6) is 0 Å². The van der Waals surface area contributed by atoms with Gasteiger partial charge in [0.15, 0.2) is 0 Å². The molecule has 0 radical (unpaired) electrons. The van der Waals surface area contributed by atoms with Crippen molar-refractivity contribution >= 4 is 16.9 Å². The number of ether oxygens (including phenoxy) is 1. The molecule has 1 aromatic heterocycles. The van der Waals surface area contributed by atoms with Gasteiger partial charge in [-0.05, 0) is 18.6 Å². The first-order valence-electron chi connectivity index (χ1n) is 6.37. The van der Waals surface area contributed by atoms with Crippen LogP contribution in [-0.2, 0) is 4.74 Å². The number of furan rings is 1. The first kappa shape index (κ1) is 12.5. The van der Waals surface area contributed by atoms with Crippen LogP contribution in [0.1, 0.15) is 16.1 Å². The number of benzene rings is 2. The Balaban J connectivity index is 2.31. The van der Waals surface area contributed by atoms with Gasteiger partial charge in [0.1, 0.15) is 5.58 Å². The van der Waals surface area contributed by atoms with Crippen LogP contribution >= 0.6 is 0 Å². The van der Waals surface area contributed by atoms with Crippen molar-refractivity contribution in [2.24, 2.45) is 0 Å². The maximum absolute atomic E-state index is 11.9. The Kier molecular flexibility index (Phi) is 3.03. The minimum atomic E-state index is -0.461. The van der Waals surface area contributed by atoms with E-state index in [1.54, 1.807) is 0 Å². The van der Waals surface area contributed by atoms with Gasteiger partial charge < -0.3 is 9.15 Å². The second-order valence-electron chi connectivity index (χ2n) is 4.66. The molecular formula is C17H14O3. The molecule has 0 aliphatic heterocycles. The van der Waals surface area contributed by atoms with Gasteiger partial charge in [-0.25, -0.2) is 4.79 Å². The smallest absolute Gasteiger partial charge is 0.374 e. The molecule has 0 fully saturated rings. The van der Waals surface area contributed by atoms with E-state index in [0.717, 1.165) is 16.5 Å². The van der Waals surface area contributed by atoms with Crippen LogP contribution in [0.25, 0.3) is 22.1 Å². The first-order valence-corrected chi connectivity index (χ1v) is 6.37. The van der Waals surface area contributed by atoms with Crippen molar-refractivity contribution in [3.8, 4) is 11.1 Å². The molecule has 3 nitrogen and oxygen atoms in total. The Labute approximate surface area is 116 Å². The van der Waals surface area contributed by atoms with E-state index < -0.39 is 5.97 Å². The van der Waals surface area contributed by atoms with Crippen molar-refractivity contribution in [2.45, 2.75) is 6.92 Å². The fourth-order valence-corrected chi connectivity index (χ4v) is 2.29. The van der Waals surface area contributed by atoms with Crippen LogP contribution in [0, 0.1) is 6.92 Å². The molecular weight excluding hydrogens is 252 g/mol. The Morgan fingerprint density at radius 2 is 1.75 bits per heavy atom. The zero-order valence-electron chi connectivity index (χ0n) is 11.3. The zero-order chi connectivity index (χ0) is 14.1. The van der Waals surface area contributed by atoms with Crippen LogP contribution in [0.3, 0.4) is 0 Å². The summed E-state index contributed by atoms with van der Waals surface area (Å²) in [6.07, 6.45) is 0. The van der Waals surface area contributed by atoms with Crippen molar-refractivity contribution in [2.75, 3.05) is 7.11 Å². The average molecular weight is 266 g/mol. The summed E-state index contributed by atoms with van der Waals surface area (Å²) in [6, 6.07) is 15.6. The normalized spacial score (nSPS) is 10.7. The minimum absolute atomic E-state index is 0.248. The summed E-state index contributed by atoms with van der Waals surface area (Å²) in [5, 5.41) is 0.914. The molecule has 3 heteroatoms. The average Bonchev–Trinajstić information content (AvgIpc) is 2.87. The van der Waals surface area contributed by atoms with Crippen molar-refractivity contribution in [3.05, 3.63) is 59.9 Å². The molecule has 1 heterocycles. The predicted octanol–water partition coefficient (Wildman–Crippen LogP) is 4.19. The minimum Gasteiger partial charge on any atom is -0.463 e. The Hall–Kier alpha value is -2.55. The summed E-state index contributed by atoms with van der Waals surface area (Å²) >= 11 is 0. The van der Waals surface area contributed by atoms with E-state index in [1.807, 2.05) is 55.5 Å². The monoisotopic (exact) mass is 266 g/mol. The Bertz CT molecular complexity index is 767. The van der Waals surface area contributed by atoms with Crippen molar-refractivity contribution in [3.63, 3.8) is 0 Å². The van der Waals surface area contributed by atoms with Gasteiger partial charge in [0.05, 0.1) is 7.11 Å². The molecule has 0 aliphatic carbocycles. The largest absolute Gasteiger partial charge is 0.463 e. The summed E-state index contributed by atoms with van der Waals surface area (Å²) in [4.78, 5) is 11.9. The fraction of sp³-hybridized carbons (Fsp3) is 0.118. The van der Waals surface area contributed by atoms with Gasteiger partial charge in [0.2, 0.25) is 5.76 Å². The summed E-state index contributed by atoms with van der Waals surface area (Å²) in [5.74, 6) is -0.214. The summed E-state index contributed by atoms with van der Waals surface area (Å²) in [7, 11) is 1.36. The van der Waals surface area contributed by atoms with Gasteiger partial charge in [-0.15, -0.1) is 0 Å². The van der Waals surface area contributed by atoms with Crippen molar-refractivity contribution in [1.82, 2.24) is 0 Å². The lowest BCUT2D eigenvalue weighted by Crippen LogP contribution is -2.01. The molecule has 0 saturated heterocycles. The fourth-order valence-electron chi connectivity index (χ4n) is 2.29. The molecule has 0 aliphatic rings. The van der Waals surface area contributed by atoms with Crippen molar-refractivity contribution in [1.29, 1.82) is 0 Å². The van der Waals surface area contributed by atoms with E-state index in [2.05, 4.69) is 0 Å². The number of aryl methyl sites for hydroxylation is 1. The van der Waals surface area contributed by atoms with Crippen LogP contribution in [-0.4, -0.2) is 13.1 Å². The lowest BCUT2D eigenvalue weighted by atomic mass is 10.0. The van der Waals surface area contributed by atoms with E-state index in [4.69, 9.17) is 9.15 Å². The Morgan fingerprint density at radius 3 is 2.45 bits per heavy atom. The molecule has 0 amide bonds. The van der Waals surface area contributed by atoms with Crippen LogP contribution < -0.4 is 0 Å². The predicted molar refractivity (Wildman–Crippen MR) is 77.7 cm³/mol. The van der Waals surface area contributed by atoms with Gasteiger partial charge >= 0.3 is 5.97 Å². The molecule has 100 valence electrons. The number of esters is 1. The molecule has 0 spiro atoms. The van der Waals surface area contributed by atoms with Crippen LogP contribution in [0.4, 0.5) is 0 Å². The molecule has 0 unspecified atom stereocenters. The third-order valence-corrected chi connectivity index (χ3v) is 3.31. The molecule has 0 bridgehead atoms. The van der Waals surface area contributed by atoms with Gasteiger partial charge in [-0.2, -0.15) is 0 Å². The van der Waals surface area contributed by atoms with E-state index in [0.29, 0.717) is 5.58 Å². The maximum atomic E-state index is 11.9. The SMILES string of the molecule is COC(=O)c1oc2ccccc2c1-c1ccc(C)cc1. The lowest BCUT2D eigenvalue weighted by Gasteiger charge is -2.03. The van der Waals surface area contributed by atoms with Crippen LogP contribution in [0.2, 0.25) is 0 Å².